The Kier molecular flexibility index (Phi) is 9.42. The number of ether oxygens (including phenoxy) is 1. The molecular formula is C14H22INO. The molecule has 0 heterocycles. The van der Waals surface area contributed by atoms with Crippen molar-refractivity contribution in [3.05, 3.63) is 30.3 Å². The van der Waals surface area contributed by atoms with E-state index < -0.39 is 0 Å². The number of unbranched alkanes of at least 4 members (excludes halogenated alkanes) is 3. The lowest BCUT2D eigenvalue weighted by atomic mass is 10.2. The molecule has 0 spiro atoms. The fourth-order valence-corrected chi connectivity index (χ4v) is 2.12. The van der Waals surface area contributed by atoms with Crippen molar-refractivity contribution in [1.82, 2.24) is 5.32 Å². The molecule has 0 saturated heterocycles. The monoisotopic (exact) mass is 347 g/mol. The summed E-state index contributed by atoms with van der Waals surface area (Å²) in [6, 6.07) is 9.97. The number of benzene rings is 1. The topological polar surface area (TPSA) is 21.3 Å². The van der Waals surface area contributed by atoms with Crippen molar-refractivity contribution in [2.24, 2.45) is 0 Å². The Labute approximate surface area is 118 Å². The van der Waals surface area contributed by atoms with E-state index in [0.717, 1.165) is 25.4 Å². The number of hydrogen-bond acceptors (Lipinski definition) is 2. The molecule has 17 heavy (non-hydrogen) atoms. The fourth-order valence-electron chi connectivity index (χ4n) is 1.58. The van der Waals surface area contributed by atoms with E-state index in [4.69, 9.17) is 4.74 Å². The molecule has 0 saturated carbocycles. The average molecular weight is 347 g/mol. The smallest absolute Gasteiger partial charge is 0.119 e. The lowest BCUT2D eigenvalue weighted by Crippen LogP contribution is -2.22. The van der Waals surface area contributed by atoms with Crippen LogP contribution in [0.25, 0.3) is 0 Å². The molecule has 0 atom stereocenters. The number of para-hydroxylation sites is 1. The Hall–Kier alpha value is -0.290. The second-order valence-corrected chi connectivity index (χ2v) is 5.09. The molecule has 0 aromatic heterocycles. The van der Waals surface area contributed by atoms with Crippen LogP contribution in [0, 0.1) is 0 Å². The van der Waals surface area contributed by atoms with Gasteiger partial charge in [-0.2, -0.15) is 0 Å². The number of nitrogens with one attached hydrogen (secondary N) is 1. The first-order valence-electron chi connectivity index (χ1n) is 6.38. The summed E-state index contributed by atoms with van der Waals surface area (Å²) in [6.07, 6.45) is 5.35. The maximum absolute atomic E-state index is 5.59. The second kappa shape index (κ2) is 10.8. The number of rotatable bonds is 10. The van der Waals surface area contributed by atoms with Crippen LogP contribution in [0.3, 0.4) is 0 Å². The Balaban J connectivity index is 1.85. The van der Waals surface area contributed by atoms with Crippen LogP contribution >= 0.6 is 22.6 Å². The molecule has 0 amide bonds. The second-order valence-electron chi connectivity index (χ2n) is 4.01. The number of alkyl halides is 1. The van der Waals surface area contributed by atoms with E-state index >= 15 is 0 Å². The van der Waals surface area contributed by atoms with Crippen molar-refractivity contribution in [1.29, 1.82) is 0 Å². The zero-order valence-corrected chi connectivity index (χ0v) is 12.5. The molecule has 1 rings (SSSR count). The van der Waals surface area contributed by atoms with Gasteiger partial charge in [0.2, 0.25) is 0 Å². The summed E-state index contributed by atoms with van der Waals surface area (Å²) in [4.78, 5) is 0. The summed E-state index contributed by atoms with van der Waals surface area (Å²) in [6.45, 7) is 2.79. The highest BCUT2D eigenvalue weighted by Crippen LogP contribution is 2.07. The molecule has 3 heteroatoms. The maximum atomic E-state index is 5.59. The van der Waals surface area contributed by atoms with Gasteiger partial charge < -0.3 is 10.1 Å². The van der Waals surface area contributed by atoms with E-state index in [1.54, 1.807) is 0 Å². The van der Waals surface area contributed by atoms with Crippen LogP contribution in [0.2, 0.25) is 0 Å². The fraction of sp³-hybridized carbons (Fsp3) is 0.571. The van der Waals surface area contributed by atoms with Gasteiger partial charge in [0.1, 0.15) is 12.4 Å². The van der Waals surface area contributed by atoms with Gasteiger partial charge in [-0.05, 0) is 35.9 Å². The highest BCUT2D eigenvalue weighted by molar-refractivity contribution is 14.1. The van der Waals surface area contributed by atoms with Crippen molar-refractivity contribution in [3.63, 3.8) is 0 Å². The first kappa shape index (κ1) is 14.8. The molecule has 0 aliphatic heterocycles. The predicted octanol–water partition coefficient (Wildman–Crippen LogP) is 3.65. The van der Waals surface area contributed by atoms with Gasteiger partial charge in [-0.25, -0.2) is 0 Å². The Morgan fingerprint density at radius 2 is 1.71 bits per heavy atom. The molecule has 0 bridgehead atoms. The van der Waals surface area contributed by atoms with Gasteiger partial charge >= 0.3 is 0 Å². The van der Waals surface area contributed by atoms with Crippen molar-refractivity contribution >= 4 is 22.6 Å². The van der Waals surface area contributed by atoms with Crippen LogP contribution < -0.4 is 10.1 Å². The number of hydrogen-bond donors (Lipinski definition) is 1. The van der Waals surface area contributed by atoms with Gasteiger partial charge in [0.05, 0.1) is 0 Å². The summed E-state index contributed by atoms with van der Waals surface area (Å²) in [7, 11) is 0. The highest BCUT2D eigenvalue weighted by Gasteiger charge is 1.92. The first-order valence-corrected chi connectivity index (χ1v) is 7.90. The maximum Gasteiger partial charge on any atom is 0.119 e. The lowest BCUT2D eigenvalue weighted by Gasteiger charge is -2.07. The zero-order valence-electron chi connectivity index (χ0n) is 10.3. The SMILES string of the molecule is ICCCCCCNCCOc1ccccc1. The molecule has 0 aliphatic carbocycles. The molecule has 0 aliphatic rings. The molecule has 0 fully saturated rings. The van der Waals surface area contributed by atoms with Gasteiger partial charge in [-0.3, -0.25) is 0 Å². The summed E-state index contributed by atoms with van der Waals surface area (Å²) in [5.41, 5.74) is 0. The lowest BCUT2D eigenvalue weighted by molar-refractivity contribution is 0.313. The first-order chi connectivity index (χ1) is 8.43. The Morgan fingerprint density at radius 1 is 0.941 bits per heavy atom. The highest BCUT2D eigenvalue weighted by atomic mass is 127. The quantitative estimate of drug-likeness (QED) is 0.396. The molecule has 1 aromatic carbocycles. The molecule has 96 valence electrons. The minimum Gasteiger partial charge on any atom is -0.492 e. The van der Waals surface area contributed by atoms with Gasteiger partial charge in [-0.1, -0.05) is 53.6 Å². The number of halogens is 1. The largest absolute Gasteiger partial charge is 0.492 e. The Bertz CT molecular complexity index is 266. The van der Waals surface area contributed by atoms with Gasteiger partial charge in [0.25, 0.3) is 0 Å². The summed E-state index contributed by atoms with van der Waals surface area (Å²) in [5, 5.41) is 3.41. The summed E-state index contributed by atoms with van der Waals surface area (Å²) in [5.74, 6) is 0.955. The molecule has 0 radical (unpaired) electrons. The van der Waals surface area contributed by atoms with E-state index in [-0.39, 0.29) is 0 Å². The zero-order chi connectivity index (χ0) is 12.2. The molecule has 0 unspecified atom stereocenters. The van der Waals surface area contributed by atoms with Crippen LogP contribution in [-0.4, -0.2) is 24.1 Å². The van der Waals surface area contributed by atoms with Crippen LogP contribution in [0.4, 0.5) is 0 Å². The van der Waals surface area contributed by atoms with Gasteiger partial charge in [-0.15, -0.1) is 0 Å². The normalized spacial score (nSPS) is 10.4. The van der Waals surface area contributed by atoms with Crippen molar-refractivity contribution in [2.75, 3.05) is 24.1 Å². The van der Waals surface area contributed by atoms with E-state index in [9.17, 15) is 0 Å². The van der Waals surface area contributed by atoms with Crippen LogP contribution in [0.5, 0.6) is 5.75 Å². The summed E-state index contributed by atoms with van der Waals surface area (Å²) < 4.78 is 6.88. The van der Waals surface area contributed by atoms with E-state index in [2.05, 4.69) is 27.9 Å². The van der Waals surface area contributed by atoms with E-state index in [0.29, 0.717) is 0 Å². The van der Waals surface area contributed by atoms with E-state index in [1.165, 1.54) is 30.1 Å². The van der Waals surface area contributed by atoms with Crippen molar-refractivity contribution < 1.29 is 4.74 Å². The third-order valence-corrected chi connectivity index (χ3v) is 3.29. The minimum absolute atomic E-state index is 0.748. The molecule has 1 N–H and O–H groups in total. The third-order valence-electron chi connectivity index (χ3n) is 2.53. The van der Waals surface area contributed by atoms with Crippen LogP contribution in [0.1, 0.15) is 25.7 Å². The van der Waals surface area contributed by atoms with Crippen LogP contribution in [-0.2, 0) is 0 Å². The summed E-state index contributed by atoms with van der Waals surface area (Å²) >= 11 is 2.44. The molecule has 2 nitrogen and oxygen atoms in total. The average Bonchev–Trinajstić information content (AvgIpc) is 2.38. The molecule has 1 aromatic rings. The Morgan fingerprint density at radius 3 is 2.47 bits per heavy atom. The minimum atomic E-state index is 0.748. The van der Waals surface area contributed by atoms with E-state index in [1.807, 2.05) is 30.3 Å². The van der Waals surface area contributed by atoms with Crippen molar-refractivity contribution in [3.8, 4) is 5.75 Å². The third kappa shape index (κ3) is 8.44. The van der Waals surface area contributed by atoms with Gasteiger partial charge in [0, 0.05) is 6.54 Å². The van der Waals surface area contributed by atoms with Gasteiger partial charge in [0.15, 0.2) is 0 Å². The standard InChI is InChI=1S/C14H22INO/c15-10-6-1-2-7-11-16-12-13-17-14-8-4-3-5-9-14/h3-5,8-9,16H,1-2,6-7,10-13H2. The van der Waals surface area contributed by atoms with Crippen LogP contribution in [0.15, 0.2) is 30.3 Å². The molecular weight excluding hydrogens is 325 g/mol. The van der Waals surface area contributed by atoms with Crippen molar-refractivity contribution in [2.45, 2.75) is 25.7 Å². The predicted molar refractivity (Wildman–Crippen MR) is 82.2 cm³/mol.